The molecule has 0 radical (unpaired) electrons. The number of hydrogen-bond donors (Lipinski definition) is 0. The van der Waals surface area contributed by atoms with E-state index in [2.05, 4.69) is 0 Å². The SMILES string of the molecule is CC(=O)CCc1ccc(-c2ccc(Cl)c(Cl)c2)cc1. The Morgan fingerprint density at radius 2 is 1.58 bits per heavy atom. The van der Waals surface area contributed by atoms with Crippen LogP contribution in [0.2, 0.25) is 10.0 Å². The molecule has 98 valence electrons. The van der Waals surface area contributed by atoms with Crippen LogP contribution in [-0.4, -0.2) is 5.78 Å². The molecule has 0 fully saturated rings. The highest BCUT2D eigenvalue weighted by molar-refractivity contribution is 6.42. The minimum Gasteiger partial charge on any atom is -0.300 e. The summed E-state index contributed by atoms with van der Waals surface area (Å²) in [7, 11) is 0. The number of Topliss-reactive ketones (excluding diaryl/α,β-unsaturated/α-hetero) is 1. The number of hydrogen-bond acceptors (Lipinski definition) is 1. The van der Waals surface area contributed by atoms with Crippen molar-refractivity contribution in [3.8, 4) is 11.1 Å². The average molecular weight is 293 g/mol. The third-order valence-electron chi connectivity index (χ3n) is 2.97. The van der Waals surface area contributed by atoms with Gasteiger partial charge < -0.3 is 4.79 Å². The van der Waals surface area contributed by atoms with Crippen LogP contribution in [0.5, 0.6) is 0 Å². The largest absolute Gasteiger partial charge is 0.300 e. The maximum absolute atomic E-state index is 10.9. The van der Waals surface area contributed by atoms with Crippen molar-refractivity contribution in [3.63, 3.8) is 0 Å². The highest BCUT2D eigenvalue weighted by Gasteiger charge is 2.03. The van der Waals surface area contributed by atoms with Gasteiger partial charge in [0.1, 0.15) is 5.78 Å². The number of carbonyl (C=O) groups is 1. The Kier molecular flexibility index (Phi) is 4.62. The zero-order chi connectivity index (χ0) is 13.8. The van der Waals surface area contributed by atoms with E-state index in [0.717, 1.165) is 17.5 Å². The summed E-state index contributed by atoms with van der Waals surface area (Å²) in [5, 5.41) is 1.11. The van der Waals surface area contributed by atoms with Crippen LogP contribution in [0, 0.1) is 0 Å². The summed E-state index contributed by atoms with van der Waals surface area (Å²) in [4.78, 5) is 10.9. The molecule has 1 nitrogen and oxygen atoms in total. The minimum atomic E-state index is 0.216. The Balaban J connectivity index is 2.17. The molecule has 0 heterocycles. The number of benzene rings is 2. The topological polar surface area (TPSA) is 17.1 Å². The summed E-state index contributed by atoms with van der Waals surface area (Å²) < 4.78 is 0. The van der Waals surface area contributed by atoms with Crippen LogP contribution in [-0.2, 0) is 11.2 Å². The van der Waals surface area contributed by atoms with E-state index in [4.69, 9.17) is 23.2 Å². The van der Waals surface area contributed by atoms with Gasteiger partial charge in [-0.2, -0.15) is 0 Å². The van der Waals surface area contributed by atoms with Gasteiger partial charge in [0, 0.05) is 6.42 Å². The molecule has 0 aromatic heterocycles. The van der Waals surface area contributed by atoms with E-state index in [1.54, 1.807) is 13.0 Å². The van der Waals surface area contributed by atoms with Gasteiger partial charge in [0.15, 0.2) is 0 Å². The van der Waals surface area contributed by atoms with E-state index in [0.29, 0.717) is 16.5 Å². The zero-order valence-electron chi connectivity index (χ0n) is 10.6. The molecule has 0 aliphatic rings. The highest BCUT2D eigenvalue weighted by Crippen LogP contribution is 2.28. The molecule has 0 bridgehead atoms. The summed E-state index contributed by atoms with van der Waals surface area (Å²) in [6.07, 6.45) is 1.38. The molecule has 0 saturated heterocycles. The van der Waals surface area contributed by atoms with Gasteiger partial charge in [-0.05, 0) is 42.2 Å². The number of halogens is 2. The van der Waals surface area contributed by atoms with E-state index in [9.17, 15) is 4.79 Å². The molecule has 2 rings (SSSR count). The van der Waals surface area contributed by atoms with Gasteiger partial charge in [-0.15, -0.1) is 0 Å². The Labute approximate surface area is 123 Å². The molecular formula is C16H14Cl2O. The molecule has 2 aromatic rings. The first-order chi connectivity index (χ1) is 9.06. The van der Waals surface area contributed by atoms with Gasteiger partial charge >= 0.3 is 0 Å². The van der Waals surface area contributed by atoms with Crippen molar-refractivity contribution >= 4 is 29.0 Å². The van der Waals surface area contributed by atoms with E-state index in [1.165, 1.54) is 5.56 Å². The normalized spacial score (nSPS) is 10.5. The molecule has 0 unspecified atom stereocenters. The average Bonchev–Trinajstić information content (AvgIpc) is 2.40. The summed E-state index contributed by atoms with van der Waals surface area (Å²) in [5.74, 6) is 0.216. The fourth-order valence-electron chi connectivity index (χ4n) is 1.86. The van der Waals surface area contributed by atoms with Crippen LogP contribution in [0.15, 0.2) is 42.5 Å². The van der Waals surface area contributed by atoms with Crippen LogP contribution in [0.3, 0.4) is 0 Å². The lowest BCUT2D eigenvalue weighted by molar-refractivity contribution is -0.116. The number of aryl methyl sites for hydroxylation is 1. The molecule has 0 N–H and O–H groups in total. The third-order valence-corrected chi connectivity index (χ3v) is 3.71. The van der Waals surface area contributed by atoms with E-state index in [-0.39, 0.29) is 5.78 Å². The second-order valence-electron chi connectivity index (χ2n) is 4.53. The standard InChI is InChI=1S/C16H14Cl2O/c1-11(19)2-3-12-4-6-13(7-5-12)14-8-9-15(17)16(18)10-14/h4-10H,2-3H2,1H3. The number of carbonyl (C=O) groups excluding carboxylic acids is 1. The summed E-state index contributed by atoms with van der Waals surface area (Å²) in [6.45, 7) is 1.62. The van der Waals surface area contributed by atoms with Gasteiger partial charge in [-0.1, -0.05) is 53.5 Å². The van der Waals surface area contributed by atoms with Crippen LogP contribution in [0.1, 0.15) is 18.9 Å². The Morgan fingerprint density at radius 1 is 0.947 bits per heavy atom. The van der Waals surface area contributed by atoms with Crippen LogP contribution in [0.25, 0.3) is 11.1 Å². The van der Waals surface area contributed by atoms with Gasteiger partial charge in [-0.3, -0.25) is 0 Å². The Hall–Kier alpha value is -1.31. The summed E-state index contributed by atoms with van der Waals surface area (Å²) in [6, 6.07) is 13.8. The first-order valence-corrected chi connectivity index (χ1v) is 6.85. The molecular weight excluding hydrogens is 279 g/mol. The van der Waals surface area contributed by atoms with Gasteiger partial charge in [0.25, 0.3) is 0 Å². The molecule has 0 atom stereocenters. The predicted molar refractivity (Wildman–Crippen MR) is 80.9 cm³/mol. The van der Waals surface area contributed by atoms with Crippen molar-refractivity contribution in [2.24, 2.45) is 0 Å². The van der Waals surface area contributed by atoms with Crippen molar-refractivity contribution < 1.29 is 4.79 Å². The Morgan fingerprint density at radius 3 is 2.16 bits per heavy atom. The molecule has 0 aliphatic carbocycles. The second kappa shape index (κ2) is 6.23. The minimum absolute atomic E-state index is 0.216. The fourth-order valence-corrected chi connectivity index (χ4v) is 2.16. The lowest BCUT2D eigenvalue weighted by atomic mass is 10.0. The van der Waals surface area contributed by atoms with E-state index >= 15 is 0 Å². The molecule has 0 amide bonds. The molecule has 0 saturated carbocycles. The molecule has 3 heteroatoms. The fraction of sp³-hybridized carbons (Fsp3) is 0.188. The first kappa shape index (κ1) is 14.1. The molecule has 19 heavy (non-hydrogen) atoms. The third kappa shape index (κ3) is 3.82. The smallest absolute Gasteiger partial charge is 0.130 e. The lowest BCUT2D eigenvalue weighted by Crippen LogP contribution is -1.93. The Bertz CT molecular complexity index is 588. The maximum atomic E-state index is 10.9. The van der Waals surface area contributed by atoms with Crippen LogP contribution < -0.4 is 0 Å². The van der Waals surface area contributed by atoms with E-state index < -0.39 is 0 Å². The first-order valence-electron chi connectivity index (χ1n) is 6.10. The van der Waals surface area contributed by atoms with Crippen LogP contribution in [0.4, 0.5) is 0 Å². The quantitative estimate of drug-likeness (QED) is 0.759. The van der Waals surface area contributed by atoms with E-state index in [1.807, 2.05) is 36.4 Å². The van der Waals surface area contributed by atoms with Crippen LogP contribution >= 0.6 is 23.2 Å². The lowest BCUT2D eigenvalue weighted by Gasteiger charge is -2.05. The number of ketones is 1. The summed E-state index contributed by atoms with van der Waals surface area (Å²) in [5.41, 5.74) is 3.29. The van der Waals surface area contributed by atoms with Gasteiger partial charge in [0.2, 0.25) is 0 Å². The predicted octanol–water partition coefficient (Wildman–Crippen LogP) is 5.18. The highest BCUT2D eigenvalue weighted by atomic mass is 35.5. The molecule has 2 aromatic carbocycles. The zero-order valence-corrected chi connectivity index (χ0v) is 12.1. The van der Waals surface area contributed by atoms with Gasteiger partial charge in [-0.25, -0.2) is 0 Å². The summed E-state index contributed by atoms with van der Waals surface area (Å²) >= 11 is 11.9. The molecule has 0 spiro atoms. The maximum Gasteiger partial charge on any atom is 0.130 e. The molecule has 0 aliphatic heterocycles. The van der Waals surface area contributed by atoms with Crippen molar-refractivity contribution in [2.45, 2.75) is 19.8 Å². The second-order valence-corrected chi connectivity index (χ2v) is 5.34. The van der Waals surface area contributed by atoms with Crippen molar-refractivity contribution in [3.05, 3.63) is 58.1 Å². The van der Waals surface area contributed by atoms with Gasteiger partial charge in [0.05, 0.1) is 10.0 Å². The van der Waals surface area contributed by atoms with Crippen molar-refractivity contribution in [2.75, 3.05) is 0 Å². The number of rotatable bonds is 4. The van der Waals surface area contributed by atoms with Crippen molar-refractivity contribution in [1.29, 1.82) is 0 Å². The monoisotopic (exact) mass is 292 g/mol. The van der Waals surface area contributed by atoms with Crippen molar-refractivity contribution in [1.82, 2.24) is 0 Å².